The van der Waals surface area contributed by atoms with E-state index in [1.54, 1.807) is 16.0 Å². The third-order valence-corrected chi connectivity index (χ3v) is 5.45. The molecule has 1 atom stereocenters. The van der Waals surface area contributed by atoms with Crippen LogP contribution in [0.25, 0.3) is 0 Å². The Kier molecular flexibility index (Phi) is 4.28. The second-order valence-corrected chi connectivity index (χ2v) is 7.63. The fourth-order valence-corrected chi connectivity index (χ4v) is 3.41. The molecule has 0 radical (unpaired) electrons. The van der Waals surface area contributed by atoms with Gasteiger partial charge in [-0.15, -0.1) is 11.3 Å². The molecule has 2 aromatic rings. The summed E-state index contributed by atoms with van der Waals surface area (Å²) in [5.41, 5.74) is 1.80. The van der Waals surface area contributed by atoms with E-state index in [1.807, 2.05) is 20.0 Å². The average molecular weight is 313 g/mol. The van der Waals surface area contributed by atoms with Crippen LogP contribution >= 0.6 is 22.9 Å². The Morgan fingerprint density at radius 2 is 2.05 bits per heavy atom. The second kappa shape index (κ2) is 5.51. The van der Waals surface area contributed by atoms with E-state index >= 15 is 0 Å². The van der Waals surface area contributed by atoms with Crippen molar-refractivity contribution in [2.45, 2.75) is 45.6 Å². The minimum atomic E-state index is -0.539. The van der Waals surface area contributed by atoms with Crippen molar-refractivity contribution in [1.29, 1.82) is 0 Å². The number of aryl methyl sites for hydroxylation is 2. The summed E-state index contributed by atoms with van der Waals surface area (Å²) in [7, 11) is 1.86. The first-order chi connectivity index (χ1) is 9.20. The summed E-state index contributed by atoms with van der Waals surface area (Å²) in [5.74, 6) is 0. The van der Waals surface area contributed by atoms with Gasteiger partial charge in [0.25, 0.3) is 0 Å². The number of aliphatic hydroxyl groups is 1. The second-order valence-electron chi connectivity index (χ2n) is 6.14. The van der Waals surface area contributed by atoms with Crippen LogP contribution in [0.2, 0.25) is 5.02 Å². The predicted octanol–water partition coefficient (Wildman–Crippen LogP) is 4.02. The maximum absolute atomic E-state index is 10.4. The maximum atomic E-state index is 10.4. The zero-order valence-electron chi connectivity index (χ0n) is 12.6. The van der Waals surface area contributed by atoms with Crippen LogP contribution in [0.15, 0.2) is 12.1 Å². The minimum Gasteiger partial charge on any atom is -0.387 e. The lowest BCUT2D eigenvalue weighted by molar-refractivity contribution is 0.179. The van der Waals surface area contributed by atoms with Crippen LogP contribution < -0.4 is 0 Å². The molecule has 20 heavy (non-hydrogen) atoms. The molecule has 0 aliphatic carbocycles. The van der Waals surface area contributed by atoms with Crippen molar-refractivity contribution in [3.63, 3.8) is 0 Å². The van der Waals surface area contributed by atoms with Crippen molar-refractivity contribution in [3.8, 4) is 0 Å². The summed E-state index contributed by atoms with van der Waals surface area (Å²) in [6, 6.07) is 4.10. The summed E-state index contributed by atoms with van der Waals surface area (Å²) in [4.78, 5) is 2.25. The highest BCUT2D eigenvalue weighted by Crippen LogP contribution is 2.34. The first kappa shape index (κ1) is 15.5. The van der Waals surface area contributed by atoms with Crippen LogP contribution in [-0.4, -0.2) is 14.9 Å². The summed E-state index contributed by atoms with van der Waals surface area (Å²) < 4.78 is 1.75. The zero-order chi connectivity index (χ0) is 15.1. The molecule has 0 aromatic carbocycles. The van der Waals surface area contributed by atoms with Gasteiger partial charge >= 0.3 is 0 Å². The van der Waals surface area contributed by atoms with Crippen LogP contribution in [0.4, 0.5) is 0 Å². The Morgan fingerprint density at radius 1 is 1.40 bits per heavy atom. The van der Waals surface area contributed by atoms with Crippen LogP contribution in [-0.2, 0) is 18.9 Å². The van der Waals surface area contributed by atoms with Crippen molar-refractivity contribution in [1.82, 2.24) is 9.78 Å². The van der Waals surface area contributed by atoms with Gasteiger partial charge in [0, 0.05) is 23.2 Å². The SMILES string of the molecule is Cc1nn(C)c(CC(O)c2ccc(C(C)(C)C)s2)c1Cl. The molecule has 0 aliphatic heterocycles. The molecule has 0 saturated heterocycles. The number of rotatable bonds is 3. The average Bonchev–Trinajstić information content (AvgIpc) is 2.90. The molecule has 0 spiro atoms. The summed E-state index contributed by atoms with van der Waals surface area (Å²) in [6.07, 6.45) is -0.0521. The molecule has 0 aliphatic rings. The molecule has 0 saturated carbocycles. The monoisotopic (exact) mass is 312 g/mol. The van der Waals surface area contributed by atoms with E-state index in [0.717, 1.165) is 16.3 Å². The van der Waals surface area contributed by atoms with Gasteiger partial charge in [0.15, 0.2) is 0 Å². The van der Waals surface area contributed by atoms with Crippen LogP contribution in [0.1, 0.15) is 48.0 Å². The number of thiophene rings is 1. The van der Waals surface area contributed by atoms with Crippen molar-refractivity contribution in [3.05, 3.63) is 38.3 Å². The number of aromatic nitrogens is 2. The molecule has 0 amide bonds. The molecular formula is C15H21ClN2OS. The van der Waals surface area contributed by atoms with Gasteiger partial charge in [-0.2, -0.15) is 5.10 Å². The lowest BCUT2D eigenvalue weighted by atomic mass is 9.95. The van der Waals surface area contributed by atoms with Gasteiger partial charge in [0.05, 0.1) is 22.5 Å². The normalized spacial score (nSPS) is 13.8. The molecule has 0 fully saturated rings. The van der Waals surface area contributed by atoms with Crippen molar-refractivity contribution < 1.29 is 5.11 Å². The lowest BCUT2D eigenvalue weighted by Gasteiger charge is -2.15. The highest BCUT2D eigenvalue weighted by Gasteiger charge is 2.21. The molecule has 0 bridgehead atoms. The smallest absolute Gasteiger partial charge is 0.0937 e. The Balaban J connectivity index is 2.20. The highest BCUT2D eigenvalue weighted by molar-refractivity contribution is 7.12. The first-order valence-electron chi connectivity index (χ1n) is 6.66. The maximum Gasteiger partial charge on any atom is 0.0937 e. The Labute approximate surface area is 129 Å². The molecule has 3 nitrogen and oxygen atoms in total. The molecule has 2 rings (SSSR count). The number of hydrogen-bond acceptors (Lipinski definition) is 3. The standard InChI is InChI=1S/C15H21ClN2OS/c1-9-14(16)10(18(5)17-9)8-11(19)12-6-7-13(20-12)15(2,3)4/h6-7,11,19H,8H2,1-5H3. The fourth-order valence-electron chi connectivity index (χ4n) is 2.12. The number of hydrogen-bond donors (Lipinski definition) is 1. The predicted molar refractivity (Wildman–Crippen MR) is 84.6 cm³/mol. The highest BCUT2D eigenvalue weighted by atomic mass is 35.5. The quantitative estimate of drug-likeness (QED) is 0.929. The van der Waals surface area contributed by atoms with E-state index < -0.39 is 6.10 Å². The first-order valence-corrected chi connectivity index (χ1v) is 7.86. The third-order valence-electron chi connectivity index (χ3n) is 3.34. The van der Waals surface area contributed by atoms with E-state index in [9.17, 15) is 5.11 Å². The largest absolute Gasteiger partial charge is 0.387 e. The van der Waals surface area contributed by atoms with Crippen molar-refractivity contribution in [2.75, 3.05) is 0 Å². The fraction of sp³-hybridized carbons (Fsp3) is 0.533. The third kappa shape index (κ3) is 3.08. The topological polar surface area (TPSA) is 38.0 Å². The van der Waals surface area contributed by atoms with Crippen LogP contribution in [0.3, 0.4) is 0 Å². The summed E-state index contributed by atoms with van der Waals surface area (Å²) in [5, 5.41) is 15.4. The van der Waals surface area contributed by atoms with Crippen LogP contribution in [0, 0.1) is 6.92 Å². The molecular weight excluding hydrogens is 292 g/mol. The number of halogens is 1. The molecule has 5 heteroatoms. The summed E-state index contributed by atoms with van der Waals surface area (Å²) in [6.45, 7) is 8.41. The van der Waals surface area contributed by atoms with Gasteiger partial charge in [-0.05, 0) is 24.5 Å². The van der Waals surface area contributed by atoms with Gasteiger partial charge < -0.3 is 5.11 Å². The molecule has 1 N–H and O–H groups in total. The van der Waals surface area contributed by atoms with Crippen molar-refractivity contribution >= 4 is 22.9 Å². The van der Waals surface area contributed by atoms with E-state index in [2.05, 4.69) is 31.9 Å². The van der Waals surface area contributed by atoms with Gasteiger partial charge in [-0.25, -0.2) is 0 Å². The van der Waals surface area contributed by atoms with E-state index in [-0.39, 0.29) is 5.41 Å². The van der Waals surface area contributed by atoms with Crippen LogP contribution in [0.5, 0.6) is 0 Å². The Morgan fingerprint density at radius 3 is 2.50 bits per heavy atom. The molecule has 2 heterocycles. The summed E-state index contributed by atoms with van der Waals surface area (Å²) >= 11 is 7.90. The van der Waals surface area contributed by atoms with E-state index in [4.69, 9.17) is 11.6 Å². The van der Waals surface area contributed by atoms with Crippen molar-refractivity contribution in [2.24, 2.45) is 7.05 Å². The zero-order valence-corrected chi connectivity index (χ0v) is 14.1. The number of aliphatic hydroxyl groups excluding tert-OH is 1. The van der Waals surface area contributed by atoms with Gasteiger partial charge in [-0.1, -0.05) is 32.4 Å². The van der Waals surface area contributed by atoms with E-state index in [0.29, 0.717) is 11.4 Å². The molecule has 1 unspecified atom stereocenters. The molecule has 110 valence electrons. The molecule has 2 aromatic heterocycles. The Hall–Kier alpha value is -0.840. The number of nitrogens with zero attached hydrogens (tertiary/aromatic N) is 2. The Bertz CT molecular complexity index is 610. The van der Waals surface area contributed by atoms with Gasteiger partial charge in [-0.3, -0.25) is 4.68 Å². The van der Waals surface area contributed by atoms with Gasteiger partial charge in [0.2, 0.25) is 0 Å². The minimum absolute atomic E-state index is 0.114. The van der Waals surface area contributed by atoms with E-state index in [1.165, 1.54) is 4.88 Å². The van der Waals surface area contributed by atoms with Gasteiger partial charge in [0.1, 0.15) is 0 Å². The lowest BCUT2D eigenvalue weighted by Crippen LogP contribution is -2.08.